The number of aliphatic hydroxyl groups is 5. The summed E-state index contributed by atoms with van der Waals surface area (Å²) in [7, 11) is 0. The fraction of sp³-hybridized carbons (Fsp3) is 0.509. The van der Waals surface area contributed by atoms with Crippen molar-refractivity contribution in [3.63, 3.8) is 0 Å². The Hall–Kier alpha value is -7.34. The molecule has 4 heterocycles. The molecule has 5 amide bonds. The van der Waals surface area contributed by atoms with E-state index in [-0.39, 0.29) is 79.4 Å². The van der Waals surface area contributed by atoms with Crippen LogP contribution in [-0.2, 0) is 75.2 Å². The van der Waals surface area contributed by atoms with Crippen LogP contribution >= 0.6 is 11.3 Å². The highest BCUT2D eigenvalue weighted by molar-refractivity contribution is 7.11. The van der Waals surface area contributed by atoms with Crippen LogP contribution in [0.4, 0.5) is 16.2 Å². The minimum Gasteiger partial charge on any atom is -0.479 e. The lowest BCUT2D eigenvalue weighted by molar-refractivity contribution is -0.271. The summed E-state index contributed by atoms with van der Waals surface area (Å²) < 4.78 is 29.9. The Labute approximate surface area is 483 Å². The van der Waals surface area contributed by atoms with Crippen molar-refractivity contribution >= 4 is 75.9 Å². The molecular formula is C57H63N5O21S. The maximum Gasteiger partial charge on any atom is 0.411 e. The number of hydrogen-bond acceptors (Lipinski definition) is 22. The van der Waals surface area contributed by atoms with E-state index in [9.17, 15) is 73.8 Å². The molecule has 0 radical (unpaired) electrons. The van der Waals surface area contributed by atoms with Crippen molar-refractivity contribution < 1.29 is 102 Å². The summed E-state index contributed by atoms with van der Waals surface area (Å²) in [5.41, 5.74) is -0.669. The third kappa shape index (κ3) is 11.5. The highest BCUT2D eigenvalue weighted by atomic mass is 32.1. The molecule has 14 atom stereocenters. The number of nitrogens with one attached hydrogen (secondary N) is 3. The molecule has 448 valence electrons. The Morgan fingerprint density at radius 1 is 0.881 bits per heavy atom. The number of carbonyl (C=O) groups excluding carboxylic acids is 8. The van der Waals surface area contributed by atoms with Crippen molar-refractivity contribution in [3.8, 4) is 5.75 Å². The van der Waals surface area contributed by atoms with Crippen molar-refractivity contribution in [2.45, 2.75) is 139 Å². The number of aromatic nitrogens is 1. The number of thiazole rings is 1. The topological polar surface area (TPSA) is 383 Å². The predicted octanol–water partition coefficient (Wildman–Crippen LogP) is 2.19. The van der Waals surface area contributed by atoms with Crippen molar-refractivity contribution in [1.29, 1.82) is 0 Å². The summed E-state index contributed by atoms with van der Waals surface area (Å²) in [6, 6.07) is 10.9. The minimum atomic E-state index is -2.02. The quantitative estimate of drug-likeness (QED) is 0.0777. The van der Waals surface area contributed by atoms with Crippen LogP contribution in [0.3, 0.4) is 0 Å². The van der Waals surface area contributed by atoms with Crippen LogP contribution in [0.2, 0.25) is 0 Å². The standard InChI is InChI=1S/C57H63N5O21S/c1-55-16-14-31(64)21-29(55)7-8-32-33-22-39-57(38(66)25-63,56(33,2)23-35(65)46(32)55)82-52(80-39)37-24-59-42(84-37)20-27-4-3-5-30(18-27)60-54(77)78-26-28-6-9-36(79-53-49(74)47(72)48(73)50(81-53)51(75)76)34(19-28)61-41(68)15-17-58-40(67)10-13-45(71)83-62-43(69)11-12-44(62)70/h3-6,9,14,16,18-19,21,24,32-33,35,39,46-50,52-53,63,65,72-74H,7-8,10-13,15,17,20,22-23,25-26H2,1-2H3,(H,58,67)(H,60,77)(H,61,68)(H,75,76)/t32-,33-,35-,39+,46+,47-,48-,49+,50-,52-,53+,55-,56-,57+/m0/s1. The Balaban J connectivity index is 0.753. The number of carbonyl (C=O) groups is 9. The van der Waals surface area contributed by atoms with Gasteiger partial charge in [0.2, 0.25) is 18.1 Å². The second kappa shape index (κ2) is 24.0. The van der Waals surface area contributed by atoms with Crippen LogP contribution < -0.4 is 20.7 Å². The molecule has 3 saturated carbocycles. The van der Waals surface area contributed by atoms with E-state index < -0.39 is 133 Å². The lowest BCUT2D eigenvalue weighted by Crippen LogP contribution is -2.63. The van der Waals surface area contributed by atoms with Gasteiger partial charge in [0.25, 0.3) is 11.8 Å². The van der Waals surface area contributed by atoms with Crippen LogP contribution in [0.15, 0.2) is 72.5 Å². The van der Waals surface area contributed by atoms with Gasteiger partial charge < -0.3 is 69.8 Å². The summed E-state index contributed by atoms with van der Waals surface area (Å²) in [5, 5.41) is 71.9. The van der Waals surface area contributed by atoms with E-state index in [1.165, 1.54) is 29.5 Å². The van der Waals surface area contributed by atoms with Crippen LogP contribution in [0.1, 0.15) is 98.9 Å². The van der Waals surface area contributed by atoms with Gasteiger partial charge in [0.15, 0.2) is 29.6 Å². The van der Waals surface area contributed by atoms with Crippen molar-refractivity contribution in [1.82, 2.24) is 15.4 Å². The number of fused-ring (bicyclic) bond motifs is 7. The summed E-state index contributed by atoms with van der Waals surface area (Å²) in [4.78, 5) is 123. The first-order valence-corrected chi connectivity index (χ1v) is 28.3. The Morgan fingerprint density at radius 2 is 1.65 bits per heavy atom. The average molecular weight is 1190 g/mol. The molecule has 27 heteroatoms. The molecule has 0 unspecified atom stereocenters. The number of anilines is 2. The second-order valence-electron chi connectivity index (χ2n) is 22.5. The number of hydrogen-bond donors (Lipinski definition) is 9. The number of benzene rings is 2. The molecule has 26 nitrogen and oxygen atoms in total. The lowest BCUT2D eigenvalue weighted by Gasteiger charge is -2.59. The van der Waals surface area contributed by atoms with Gasteiger partial charge >= 0.3 is 18.0 Å². The molecule has 3 saturated heterocycles. The number of carboxylic acids is 1. The molecule has 3 aliphatic heterocycles. The minimum absolute atomic E-state index is 0.00111. The van der Waals surface area contributed by atoms with Crippen molar-refractivity contribution in [2.24, 2.45) is 28.6 Å². The highest BCUT2D eigenvalue weighted by Crippen LogP contribution is 2.70. The normalized spacial score (nSPS) is 32.1. The summed E-state index contributed by atoms with van der Waals surface area (Å²) >= 11 is 1.31. The molecule has 7 aliphatic rings. The van der Waals surface area contributed by atoms with Crippen molar-refractivity contribution in [2.75, 3.05) is 23.8 Å². The van der Waals surface area contributed by atoms with Gasteiger partial charge in [0.1, 0.15) is 37.3 Å². The molecule has 84 heavy (non-hydrogen) atoms. The van der Waals surface area contributed by atoms with Gasteiger partial charge in [-0.2, -0.15) is 0 Å². The number of amides is 5. The molecule has 6 fully saturated rings. The van der Waals surface area contributed by atoms with Gasteiger partial charge in [-0.05, 0) is 85.1 Å². The molecule has 0 bridgehead atoms. The van der Waals surface area contributed by atoms with E-state index in [1.54, 1.807) is 36.5 Å². The number of hydroxylamine groups is 2. The third-order valence-electron chi connectivity index (χ3n) is 17.3. The largest absolute Gasteiger partial charge is 0.479 e. The number of aliphatic hydroxyl groups excluding tert-OH is 5. The number of rotatable bonds is 19. The highest BCUT2D eigenvalue weighted by Gasteiger charge is 2.76. The van der Waals surface area contributed by atoms with Crippen molar-refractivity contribution in [3.05, 3.63) is 93.5 Å². The number of carboxylic acid groups (broad SMARTS) is 1. The Kier molecular flexibility index (Phi) is 17.1. The SMILES string of the molecule is C[C@]12C=CC(=O)C=C1CC[C@@H]1[C@@H]2[C@@H](O)C[C@@]2(C)[C@H]1C[C@H]1O[C@H](c3cnc(Cc4cccc(NC(=O)OCc5ccc(O[C@@H]6O[C@H](C(=O)O)[C@@H](O)[C@H](O)[C@H]6O)c(NC(=O)CCNC(=O)CCC(=O)ON6C(=O)CCC6=O)c5)c4)s3)O[C@]12C(=O)CO. The van der Waals surface area contributed by atoms with Crippen LogP contribution in [0, 0.1) is 28.6 Å². The molecule has 9 N–H and O–H groups in total. The fourth-order valence-electron chi connectivity index (χ4n) is 13.3. The molecule has 1 aromatic heterocycles. The van der Waals surface area contributed by atoms with Crippen LogP contribution in [0.25, 0.3) is 0 Å². The van der Waals surface area contributed by atoms with E-state index in [4.69, 9.17) is 28.5 Å². The van der Waals surface area contributed by atoms with Crippen LogP contribution in [-0.4, -0.2) is 156 Å². The average Bonchev–Trinajstić information content (AvgIpc) is 1.48. The van der Waals surface area contributed by atoms with Gasteiger partial charge in [-0.3, -0.25) is 34.1 Å². The number of Topliss-reactive ketones (excluding diaryl/α,β-unsaturated/α-hetero) is 1. The number of aliphatic carboxylic acids is 1. The fourth-order valence-corrected chi connectivity index (χ4v) is 14.3. The first-order chi connectivity index (χ1) is 40.0. The van der Waals surface area contributed by atoms with E-state index >= 15 is 0 Å². The predicted molar refractivity (Wildman–Crippen MR) is 286 cm³/mol. The molecule has 10 rings (SSSR count). The lowest BCUT2D eigenvalue weighted by atomic mass is 9.46. The summed E-state index contributed by atoms with van der Waals surface area (Å²) in [6.45, 7) is 2.63. The number of imide groups is 1. The number of ketones is 2. The maximum atomic E-state index is 14.1. The molecule has 2 aromatic carbocycles. The number of nitrogens with zero attached hydrogens (tertiary/aromatic N) is 2. The first kappa shape index (κ1) is 59.8. The van der Waals surface area contributed by atoms with Gasteiger partial charge in [0.05, 0.1) is 34.2 Å². The first-order valence-electron chi connectivity index (χ1n) is 27.4. The monoisotopic (exact) mass is 1190 g/mol. The van der Waals surface area contributed by atoms with Gasteiger partial charge in [0, 0.05) is 67.3 Å². The molecule has 0 spiro atoms. The number of allylic oxidation sites excluding steroid dienone is 4. The third-order valence-corrected chi connectivity index (χ3v) is 18.3. The second-order valence-corrected chi connectivity index (χ2v) is 23.6. The maximum absolute atomic E-state index is 14.1. The summed E-state index contributed by atoms with van der Waals surface area (Å²) in [5.74, 6) is -6.49. The van der Waals surface area contributed by atoms with Gasteiger partial charge in [-0.1, -0.05) is 43.7 Å². The van der Waals surface area contributed by atoms with Crippen LogP contribution in [0.5, 0.6) is 5.75 Å². The zero-order chi connectivity index (χ0) is 60.0. The van der Waals surface area contributed by atoms with E-state index in [0.717, 1.165) is 17.6 Å². The zero-order valence-electron chi connectivity index (χ0n) is 45.5. The Morgan fingerprint density at radius 3 is 2.40 bits per heavy atom. The Bertz CT molecular complexity index is 3210. The number of ether oxygens (including phenoxy) is 5. The van der Waals surface area contributed by atoms with Gasteiger partial charge in [-0.15, -0.1) is 16.4 Å². The smallest absolute Gasteiger partial charge is 0.411 e. The van der Waals surface area contributed by atoms with E-state index in [1.807, 2.05) is 19.1 Å². The summed E-state index contributed by atoms with van der Waals surface area (Å²) in [6.07, 6.45) is -5.51. The molecular weight excluding hydrogens is 1120 g/mol. The molecule has 3 aromatic rings. The van der Waals surface area contributed by atoms with E-state index in [2.05, 4.69) is 27.9 Å². The molecule has 4 aliphatic carbocycles. The van der Waals surface area contributed by atoms with E-state index in [0.29, 0.717) is 39.9 Å². The van der Waals surface area contributed by atoms with Gasteiger partial charge in [-0.25, -0.2) is 19.4 Å². The zero-order valence-corrected chi connectivity index (χ0v) is 46.3.